The van der Waals surface area contributed by atoms with E-state index in [0.29, 0.717) is 12.8 Å². The molecule has 1 heterocycles. The number of hydrogen-bond donors (Lipinski definition) is 2. The van der Waals surface area contributed by atoms with Gasteiger partial charge in [-0.15, -0.1) is 11.3 Å². The number of thiazole rings is 1. The molecule has 0 aliphatic carbocycles. The van der Waals surface area contributed by atoms with Gasteiger partial charge in [-0.25, -0.2) is 9.78 Å². The number of nitrogens with two attached hydrogens (primary N) is 1. The molecule has 1 atom stereocenters. The molecule has 2 aromatic rings. The molecule has 0 fully saturated rings. The lowest BCUT2D eigenvalue weighted by atomic mass is 10.1. The van der Waals surface area contributed by atoms with Crippen molar-refractivity contribution in [2.45, 2.75) is 39.2 Å². The van der Waals surface area contributed by atoms with E-state index in [0.717, 1.165) is 15.2 Å². The first-order valence-corrected chi connectivity index (χ1v) is 8.82. The van der Waals surface area contributed by atoms with Crippen molar-refractivity contribution in [3.05, 3.63) is 29.3 Å². The van der Waals surface area contributed by atoms with Crippen molar-refractivity contribution in [2.24, 2.45) is 11.7 Å². The molecule has 3 N–H and O–H groups in total. The summed E-state index contributed by atoms with van der Waals surface area (Å²) < 4.78 is 6.31. The fourth-order valence-electron chi connectivity index (χ4n) is 2.30. The Kier molecular flexibility index (Phi) is 6.46. The number of hydrogen-bond acceptors (Lipinski definition) is 6. The lowest BCUT2D eigenvalue weighted by molar-refractivity contribution is -0.158. The average Bonchev–Trinajstić information content (AvgIpc) is 2.94. The third-order valence-electron chi connectivity index (χ3n) is 3.48. The number of primary amides is 1. The number of aryl methyl sites for hydroxylation is 1. The van der Waals surface area contributed by atoms with Crippen LogP contribution in [0.3, 0.4) is 0 Å². The molecule has 0 radical (unpaired) electrons. The largest absolute Gasteiger partial charge is 0.452 e. The molecule has 0 unspecified atom stereocenters. The Morgan fingerprint density at radius 1 is 1.28 bits per heavy atom. The molecule has 2 rings (SSSR count). The van der Waals surface area contributed by atoms with E-state index in [9.17, 15) is 14.4 Å². The van der Waals surface area contributed by atoms with E-state index >= 15 is 0 Å². The molecule has 1 aromatic heterocycles. The van der Waals surface area contributed by atoms with Crippen LogP contribution in [0.2, 0.25) is 0 Å². The highest BCUT2D eigenvalue weighted by Crippen LogP contribution is 2.22. The van der Waals surface area contributed by atoms with Crippen molar-refractivity contribution in [2.75, 3.05) is 0 Å². The molecule has 0 saturated carbocycles. The number of benzene rings is 1. The zero-order valence-corrected chi connectivity index (χ0v) is 15.0. The standard InChI is InChI=1S/C17H21N3O4S/c1-10(2)15(16(22)20-17(18)23)24-14(21)9-5-8-13-19-11-6-3-4-7-12(11)25-13/h3-4,6-7,10,15H,5,8-9H2,1-2H3,(H3,18,20,22,23)/t15-/m1/s1. The van der Waals surface area contributed by atoms with Crippen LogP contribution >= 0.6 is 11.3 Å². The van der Waals surface area contributed by atoms with Crippen LogP contribution < -0.4 is 11.1 Å². The third-order valence-corrected chi connectivity index (χ3v) is 4.57. The number of aromatic nitrogens is 1. The van der Waals surface area contributed by atoms with Crippen molar-refractivity contribution in [3.63, 3.8) is 0 Å². The van der Waals surface area contributed by atoms with Gasteiger partial charge < -0.3 is 10.5 Å². The van der Waals surface area contributed by atoms with Crippen LogP contribution in [0.15, 0.2) is 24.3 Å². The number of nitrogens with one attached hydrogen (secondary N) is 1. The number of urea groups is 1. The van der Waals surface area contributed by atoms with Crippen LogP contribution in [0.4, 0.5) is 4.79 Å². The molecule has 3 amide bonds. The highest BCUT2D eigenvalue weighted by Gasteiger charge is 2.27. The number of para-hydroxylation sites is 1. The van der Waals surface area contributed by atoms with Gasteiger partial charge in [-0.3, -0.25) is 14.9 Å². The van der Waals surface area contributed by atoms with Crippen LogP contribution in [0.1, 0.15) is 31.7 Å². The average molecular weight is 363 g/mol. The maximum atomic E-state index is 12.0. The van der Waals surface area contributed by atoms with Crippen LogP contribution in [0.5, 0.6) is 0 Å². The second-order valence-electron chi connectivity index (χ2n) is 5.94. The summed E-state index contributed by atoms with van der Waals surface area (Å²) in [6, 6.07) is 6.89. The van der Waals surface area contributed by atoms with Crippen LogP contribution in [-0.4, -0.2) is 29.0 Å². The number of rotatable bonds is 7. The quantitative estimate of drug-likeness (QED) is 0.734. The van der Waals surface area contributed by atoms with E-state index in [4.69, 9.17) is 10.5 Å². The van der Waals surface area contributed by atoms with Crippen LogP contribution in [-0.2, 0) is 20.7 Å². The van der Waals surface area contributed by atoms with Gasteiger partial charge in [0.1, 0.15) is 0 Å². The second-order valence-corrected chi connectivity index (χ2v) is 7.05. The van der Waals surface area contributed by atoms with Crippen molar-refractivity contribution >= 4 is 39.5 Å². The molecule has 0 saturated heterocycles. The Balaban J connectivity index is 1.84. The number of carbonyl (C=O) groups excluding carboxylic acids is 3. The zero-order valence-electron chi connectivity index (χ0n) is 14.2. The monoisotopic (exact) mass is 363 g/mol. The molecule has 0 spiro atoms. The topological polar surface area (TPSA) is 111 Å². The minimum atomic E-state index is -1.04. The Labute approximate surface area is 149 Å². The Bertz CT molecular complexity index is 739. The zero-order chi connectivity index (χ0) is 18.4. The lowest BCUT2D eigenvalue weighted by Gasteiger charge is -2.19. The number of ether oxygens (including phenoxy) is 1. The summed E-state index contributed by atoms with van der Waals surface area (Å²) in [5, 5.41) is 2.90. The highest BCUT2D eigenvalue weighted by atomic mass is 32.1. The molecule has 134 valence electrons. The smallest absolute Gasteiger partial charge is 0.318 e. The SMILES string of the molecule is CC(C)[C@@H](OC(=O)CCCc1nc2ccccc2s1)C(=O)NC(N)=O. The molecule has 0 bridgehead atoms. The minimum absolute atomic E-state index is 0.170. The highest BCUT2D eigenvalue weighted by molar-refractivity contribution is 7.18. The predicted molar refractivity (Wildman–Crippen MR) is 95.0 cm³/mol. The first-order chi connectivity index (χ1) is 11.9. The summed E-state index contributed by atoms with van der Waals surface area (Å²) in [5.41, 5.74) is 5.87. The third kappa shape index (κ3) is 5.53. The van der Waals surface area contributed by atoms with Gasteiger partial charge in [0.25, 0.3) is 5.91 Å². The molecule has 0 aliphatic rings. The van der Waals surface area contributed by atoms with Crippen LogP contribution in [0.25, 0.3) is 10.2 Å². The summed E-state index contributed by atoms with van der Waals surface area (Å²) in [7, 11) is 0. The lowest BCUT2D eigenvalue weighted by Crippen LogP contribution is -2.45. The van der Waals surface area contributed by atoms with Crippen molar-refractivity contribution in [1.29, 1.82) is 0 Å². The maximum Gasteiger partial charge on any atom is 0.318 e. The van der Waals surface area contributed by atoms with E-state index in [1.807, 2.05) is 29.6 Å². The van der Waals surface area contributed by atoms with E-state index < -0.39 is 24.0 Å². The molecular weight excluding hydrogens is 342 g/mol. The van der Waals surface area contributed by atoms with E-state index in [2.05, 4.69) is 4.98 Å². The molecular formula is C17H21N3O4S. The second kappa shape index (κ2) is 8.57. The number of fused-ring (bicyclic) bond motifs is 1. The van der Waals surface area contributed by atoms with E-state index in [-0.39, 0.29) is 12.3 Å². The maximum absolute atomic E-state index is 12.0. The van der Waals surface area contributed by atoms with Gasteiger partial charge in [0.05, 0.1) is 15.2 Å². The van der Waals surface area contributed by atoms with Crippen molar-refractivity contribution in [1.82, 2.24) is 10.3 Å². The van der Waals surface area contributed by atoms with Gasteiger partial charge in [0, 0.05) is 6.42 Å². The van der Waals surface area contributed by atoms with E-state index in [1.54, 1.807) is 25.2 Å². The van der Waals surface area contributed by atoms with Gasteiger partial charge in [0.15, 0.2) is 6.10 Å². The molecule has 7 nitrogen and oxygen atoms in total. The first-order valence-electron chi connectivity index (χ1n) is 8.01. The summed E-state index contributed by atoms with van der Waals surface area (Å²) >= 11 is 1.60. The minimum Gasteiger partial charge on any atom is -0.452 e. The van der Waals surface area contributed by atoms with Crippen molar-refractivity contribution < 1.29 is 19.1 Å². The predicted octanol–water partition coefficient (Wildman–Crippen LogP) is 2.38. The molecule has 0 aliphatic heterocycles. The summed E-state index contributed by atoms with van der Waals surface area (Å²) in [6.07, 6.45) is 0.362. The Morgan fingerprint density at radius 3 is 2.64 bits per heavy atom. The number of nitrogens with zero attached hydrogens (tertiary/aromatic N) is 1. The Hall–Kier alpha value is -2.48. The normalized spacial score (nSPS) is 12.1. The molecule has 8 heteroatoms. The van der Waals surface area contributed by atoms with Gasteiger partial charge in [-0.1, -0.05) is 26.0 Å². The number of imide groups is 1. The molecule has 25 heavy (non-hydrogen) atoms. The fraction of sp³-hybridized carbons (Fsp3) is 0.412. The number of esters is 1. The number of amides is 3. The van der Waals surface area contributed by atoms with E-state index in [1.165, 1.54) is 0 Å². The van der Waals surface area contributed by atoms with Gasteiger partial charge in [0.2, 0.25) is 0 Å². The summed E-state index contributed by atoms with van der Waals surface area (Å²) in [6.45, 7) is 3.44. The first kappa shape index (κ1) is 18.9. The number of carbonyl (C=O) groups is 3. The summed E-state index contributed by atoms with van der Waals surface area (Å²) in [4.78, 5) is 39.1. The fourth-order valence-corrected chi connectivity index (χ4v) is 3.31. The summed E-state index contributed by atoms with van der Waals surface area (Å²) in [5.74, 6) is -1.46. The van der Waals surface area contributed by atoms with Gasteiger partial charge in [-0.05, 0) is 30.9 Å². The van der Waals surface area contributed by atoms with Crippen LogP contribution in [0, 0.1) is 5.92 Å². The molecule has 1 aromatic carbocycles. The van der Waals surface area contributed by atoms with Gasteiger partial charge in [-0.2, -0.15) is 0 Å². The van der Waals surface area contributed by atoms with Gasteiger partial charge >= 0.3 is 12.0 Å². The Morgan fingerprint density at radius 2 is 2.00 bits per heavy atom. The van der Waals surface area contributed by atoms with Crippen molar-refractivity contribution in [3.8, 4) is 0 Å².